The molecule has 0 saturated carbocycles. The first-order valence-electron chi connectivity index (χ1n) is 6.19. The minimum absolute atomic E-state index is 0.140. The monoisotopic (exact) mass is 336 g/mol. The zero-order valence-corrected chi connectivity index (χ0v) is 12.5. The number of benzene rings is 1. The van der Waals surface area contributed by atoms with Crippen molar-refractivity contribution in [3.63, 3.8) is 0 Å². The summed E-state index contributed by atoms with van der Waals surface area (Å²) >= 11 is 5.64. The van der Waals surface area contributed by atoms with Crippen molar-refractivity contribution in [2.75, 3.05) is 13.2 Å². The molecule has 9 heteroatoms. The van der Waals surface area contributed by atoms with E-state index in [0.717, 1.165) is 12.1 Å². The van der Waals surface area contributed by atoms with Crippen molar-refractivity contribution >= 4 is 27.5 Å². The molecular weight excluding hydrogens is 323 g/mol. The molecule has 0 aromatic heterocycles. The first-order chi connectivity index (χ1) is 9.79. The molecule has 0 aliphatic carbocycles. The average Bonchev–Trinajstić information content (AvgIpc) is 2.38. The number of nitrogens with two attached hydrogens (primary N) is 1. The molecule has 0 bridgehead atoms. The Hall–Kier alpha value is -1.22. The van der Waals surface area contributed by atoms with Crippen LogP contribution in [0, 0.1) is 5.82 Å². The van der Waals surface area contributed by atoms with E-state index in [4.69, 9.17) is 21.5 Å². The van der Waals surface area contributed by atoms with E-state index in [1.54, 1.807) is 0 Å². The van der Waals surface area contributed by atoms with Crippen LogP contribution in [0.4, 0.5) is 4.39 Å². The second kappa shape index (κ2) is 6.27. The summed E-state index contributed by atoms with van der Waals surface area (Å²) in [6.07, 6.45) is 1.23. The SMILES string of the molecule is NS(=O)(=O)c1cc(C(=O)NC2CCOCC2)c(F)cc1Cl. The van der Waals surface area contributed by atoms with Gasteiger partial charge in [0.2, 0.25) is 10.0 Å². The topological polar surface area (TPSA) is 98.5 Å². The number of hydrogen-bond acceptors (Lipinski definition) is 4. The molecule has 0 atom stereocenters. The molecule has 0 spiro atoms. The van der Waals surface area contributed by atoms with Gasteiger partial charge in [-0.25, -0.2) is 17.9 Å². The van der Waals surface area contributed by atoms with Gasteiger partial charge in [-0.2, -0.15) is 0 Å². The lowest BCUT2D eigenvalue weighted by atomic mass is 10.1. The highest BCUT2D eigenvalue weighted by Crippen LogP contribution is 2.24. The number of halogens is 2. The highest BCUT2D eigenvalue weighted by atomic mass is 35.5. The Bertz CT molecular complexity index is 659. The number of hydrogen-bond donors (Lipinski definition) is 2. The van der Waals surface area contributed by atoms with E-state index in [2.05, 4.69) is 5.32 Å². The van der Waals surface area contributed by atoms with Crippen LogP contribution in [0.2, 0.25) is 5.02 Å². The molecule has 1 amide bonds. The van der Waals surface area contributed by atoms with Gasteiger partial charge in [-0.05, 0) is 25.0 Å². The molecule has 2 rings (SSSR count). The Morgan fingerprint density at radius 1 is 1.38 bits per heavy atom. The minimum atomic E-state index is -4.14. The van der Waals surface area contributed by atoms with Gasteiger partial charge in [0.05, 0.1) is 10.6 Å². The standard InChI is InChI=1S/C12H14ClFN2O4S/c13-9-6-10(14)8(5-11(9)21(15,18)19)12(17)16-7-1-3-20-4-2-7/h5-7H,1-4H2,(H,16,17)(H2,15,18,19). The molecular formula is C12H14ClFN2O4S. The van der Waals surface area contributed by atoms with Crippen LogP contribution in [0.1, 0.15) is 23.2 Å². The largest absolute Gasteiger partial charge is 0.381 e. The van der Waals surface area contributed by atoms with Gasteiger partial charge < -0.3 is 10.1 Å². The van der Waals surface area contributed by atoms with Crippen LogP contribution >= 0.6 is 11.6 Å². The predicted octanol–water partition coefficient (Wildman–Crippen LogP) is 1.04. The van der Waals surface area contributed by atoms with Gasteiger partial charge in [0.15, 0.2) is 0 Å². The van der Waals surface area contributed by atoms with E-state index < -0.39 is 32.2 Å². The van der Waals surface area contributed by atoms with Crippen LogP contribution in [-0.2, 0) is 14.8 Å². The highest BCUT2D eigenvalue weighted by Gasteiger charge is 2.23. The van der Waals surface area contributed by atoms with Gasteiger partial charge >= 0.3 is 0 Å². The van der Waals surface area contributed by atoms with E-state index in [-0.39, 0.29) is 11.1 Å². The zero-order valence-electron chi connectivity index (χ0n) is 10.9. The van der Waals surface area contributed by atoms with Crippen molar-refractivity contribution in [2.45, 2.75) is 23.8 Å². The van der Waals surface area contributed by atoms with Gasteiger partial charge in [0.1, 0.15) is 10.7 Å². The lowest BCUT2D eigenvalue weighted by Gasteiger charge is -2.23. The molecule has 1 aromatic rings. The average molecular weight is 337 g/mol. The fraction of sp³-hybridized carbons (Fsp3) is 0.417. The van der Waals surface area contributed by atoms with Gasteiger partial charge in [-0.15, -0.1) is 0 Å². The third-order valence-electron chi connectivity index (χ3n) is 3.13. The summed E-state index contributed by atoms with van der Waals surface area (Å²) in [4.78, 5) is 11.6. The lowest BCUT2D eigenvalue weighted by molar-refractivity contribution is 0.0694. The molecule has 0 unspecified atom stereocenters. The van der Waals surface area contributed by atoms with Crippen molar-refractivity contribution in [2.24, 2.45) is 5.14 Å². The van der Waals surface area contributed by atoms with Crippen molar-refractivity contribution in [1.82, 2.24) is 5.32 Å². The van der Waals surface area contributed by atoms with Gasteiger partial charge in [-0.3, -0.25) is 4.79 Å². The van der Waals surface area contributed by atoms with Crippen molar-refractivity contribution in [3.8, 4) is 0 Å². The van der Waals surface area contributed by atoms with Crippen molar-refractivity contribution < 1.29 is 22.3 Å². The maximum Gasteiger partial charge on any atom is 0.254 e. The number of primary sulfonamides is 1. The molecule has 0 radical (unpaired) electrons. The summed E-state index contributed by atoms with van der Waals surface area (Å²) in [5.74, 6) is -1.61. The second-order valence-electron chi connectivity index (χ2n) is 4.67. The number of nitrogens with one attached hydrogen (secondary N) is 1. The molecule has 1 heterocycles. The first kappa shape index (κ1) is 16.2. The van der Waals surface area contributed by atoms with Gasteiger partial charge in [0, 0.05) is 19.3 Å². The maximum atomic E-state index is 13.8. The number of amides is 1. The Kier molecular flexibility index (Phi) is 4.82. The molecule has 1 aliphatic rings. The van der Waals surface area contributed by atoms with Crippen LogP contribution in [0.5, 0.6) is 0 Å². The number of ether oxygens (including phenoxy) is 1. The fourth-order valence-electron chi connectivity index (χ4n) is 2.03. The minimum Gasteiger partial charge on any atom is -0.381 e. The quantitative estimate of drug-likeness (QED) is 0.861. The Labute approximate surface area is 126 Å². The zero-order chi connectivity index (χ0) is 15.6. The highest BCUT2D eigenvalue weighted by molar-refractivity contribution is 7.89. The van der Waals surface area contributed by atoms with E-state index in [1.807, 2.05) is 0 Å². The van der Waals surface area contributed by atoms with Crippen LogP contribution < -0.4 is 10.5 Å². The third kappa shape index (κ3) is 3.91. The summed E-state index contributed by atoms with van der Waals surface area (Å²) in [6.45, 7) is 1.02. The summed E-state index contributed by atoms with van der Waals surface area (Å²) in [7, 11) is -4.14. The summed E-state index contributed by atoms with van der Waals surface area (Å²) in [5.41, 5.74) is -0.407. The summed E-state index contributed by atoms with van der Waals surface area (Å²) in [6, 6.07) is 1.47. The van der Waals surface area contributed by atoms with Crippen LogP contribution in [0.3, 0.4) is 0 Å². The van der Waals surface area contributed by atoms with E-state index in [9.17, 15) is 17.6 Å². The molecule has 3 N–H and O–H groups in total. The smallest absolute Gasteiger partial charge is 0.254 e. The van der Waals surface area contributed by atoms with Crippen molar-refractivity contribution in [3.05, 3.63) is 28.5 Å². The Morgan fingerprint density at radius 2 is 2.00 bits per heavy atom. The van der Waals surface area contributed by atoms with Crippen molar-refractivity contribution in [1.29, 1.82) is 0 Å². The van der Waals surface area contributed by atoms with Gasteiger partial charge in [-0.1, -0.05) is 11.6 Å². The molecule has 21 heavy (non-hydrogen) atoms. The van der Waals surface area contributed by atoms with Crippen LogP contribution in [0.25, 0.3) is 0 Å². The van der Waals surface area contributed by atoms with Crippen LogP contribution in [0.15, 0.2) is 17.0 Å². The molecule has 1 saturated heterocycles. The van der Waals surface area contributed by atoms with E-state index in [0.29, 0.717) is 26.1 Å². The van der Waals surface area contributed by atoms with E-state index >= 15 is 0 Å². The number of carbonyl (C=O) groups excluding carboxylic acids is 1. The maximum absolute atomic E-state index is 13.8. The predicted molar refractivity (Wildman–Crippen MR) is 74.1 cm³/mol. The normalized spacial score (nSPS) is 16.7. The van der Waals surface area contributed by atoms with E-state index in [1.165, 1.54) is 0 Å². The fourth-order valence-corrected chi connectivity index (χ4v) is 3.11. The van der Waals surface area contributed by atoms with Crippen LogP contribution in [-0.4, -0.2) is 33.6 Å². The number of rotatable bonds is 3. The molecule has 1 aliphatic heterocycles. The molecule has 6 nitrogen and oxygen atoms in total. The number of sulfonamides is 1. The van der Waals surface area contributed by atoms with Gasteiger partial charge in [0.25, 0.3) is 5.91 Å². The molecule has 116 valence electrons. The third-order valence-corrected chi connectivity index (χ3v) is 4.50. The molecule has 1 aromatic carbocycles. The Morgan fingerprint density at radius 3 is 2.57 bits per heavy atom. The second-order valence-corrected chi connectivity index (χ2v) is 6.60. The molecule has 1 fully saturated rings. The summed E-state index contributed by atoms with van der Waals surface area (Å²) in [5, 5.41) is 7.25. The number of carbonyl (C=O) groups is 1. The first-order valence-corrected chi connectivity index (χ1v) is 8.12. The lowest BCUT2D eigenvalue weighted by Crippen LogP contribution is -2.39. The Balaban J connectivity index is 2.28. The summed E-state index contributed by atoms with van der Waals surface area (Å²) < 4.78 is 41.7.